The molecule has 0 aromatic heterocycles. The predicted molar refractivity (Wildman–Crippen MR) is 86.4 cm³/mol. The lowest BCUT2D eigenvalue weighted by molar-refractivity contribution is 0.522. The molecule has 106 valence electrons. The van der Waals surface area contributed by atoms with E-state index in [2.05, 4.69) is 5.43 Å². The molecule has 0 aliphatic carbocycles. The number of benzene rings is 2. The average Bonchev–Trinajstić information content (AvgIpc) is 2.43. The summed E-state index contributed by atoms with van der Waals surface area (Å²) in [6.07, 6.45) is 1.53. The number of hydrogen-bond donors (Lipinski definition) is 2. The average molecular weight is 330 g/mol. The zero-order valence-electron chi connectivity index (χ0n) is 10.7. The van der Waals surface area contributed by atoms with E-state index in [1.165, 1.54) is 5.56 Å². The van der Waals surface area contributed by atoms with Crippen LogP contribution in [0.3, 0.4) is 0 Å². The molecule has 0 radical (unpaired) electrons. The Morgan fingerprint density at radius 1 is 0.900 bits per heavy atom. The maximum atomic E-state index is 6.18. The standard InChI is InChI=1S/C15H15Cl3N2/c16-12-4-1-10(2-5-12)7-14(20-19)8-11-3-6-13(17)9-15(11)18/h1-6,9,14,20H,7-8,19H2. The number of halogens is 3. The highest BCUT2D eigenvalue weighted by atomic mass is 35.5. The van der Waals surface area contributed by atoms with Crippen LogP contribution < -0.4 is 11.3 Å². The van der Waals surface area contributed by atoms with Crippen LogP contribution in [-0.4, -0.2) is 6.04 Å². The van der Waals surface area contributed by atoms with Crippen molar-refractivity contribution < 1.29 is 0 Å². The molecule has 2 nitrogen and oxygen atoms in total. The van der Waals surface area contributed by atoms with Crippen molar-refractivity contribution in [3.63, 3.8) is 0 Å². The highest BCUT2D eigenvalue weighted by molar-refractivity contribution is 6.35. The Balaban J connectivity index is 2.07. The van der Waals surface area contributed by atoms with Crippen molar-refractivity contribution in [3.8, 4) is 0 Å². The Labute approximate surface area is 133 Å². The predicted octanol–water partition coefficient (Wildman–Crippen LogP) is 4.26. The van der Waals surface area contributed by atoms with Crippen LogP contribution in [0.1, 0.15) is 11.1 Å². The number of hydrogen-bond acceptors (Lipinski definition) is 2. The van der Waals surface area contributed by atoms with Crippen LogP contribution in [0.4, 0.5) is 0 Å². The number of nitrogens with one attached hydrogen (secondary N) is 1. The summed E-state index contributed by atoms with van der Waals surface area (Å²) in [5.41, 5.74) is 5.02. The van der Waals surface area contributed by atoms with Gasteiger partial charge in [0.25, 0.3) is 0 Å². The third kappa shape index (κ3) is 4.37. The lowest BCUT2D eigenvalue weighted by atomic mass is 9.99. The fourth-order valence-electron chi connectivity index (χ4n) is 2.05. The van der Waals surface area contributed by atoms with Gasteiger partial charge >= 0.3 is 0 Å². The Hall–Kier alpha value is -0.770. The Morgan fingerprint density at radius 2 is 1.55 bits per heavy atom. The second-order valence-electron chi connectivity index (χ2n) is 4.63. The second kappa shape index (κ2) is 7.30. The van der Waals surface area contributed by atoms with Gasteiger partial charge in [-0.15, -0.1) is 0 Å². The molecule has 1 unspecified atom stereocenters. The SMILES string of the molecule is NNC(Cc1ccc(Cl)cc1)Cc1ccc(Cl)cc1Cl. The van der Waals surface area contributed by atoms with Crippen LogP contribution >= 0.6 is 34.8 Å². The summed E-state index contributed by atoms with van der Waals surface area (Å²) in [5, 5.41) is 2.02. The monoisotopic (exact) mass is 328 g/mol. The number of hydrazine groups is 1. The van der Waals surface area contributed by atoms with Gasteiger partial charge in [-0.2, -0.15) is 0 Å². The van der Waals surface area contributed by atoms with Crippen molar-refractivity contribution >= 4 is 34.8 Å². The van der Waals surface area contributed by atoms with E-state index in [1.54, 1.807) is 6.07 Å². The molecule has 2 aromatic rings. The highest BCUT2D eigenvalue weighted by Gasteiger charge is 2.11. The molecule has 3 N–H and O–H groups in total. The van der Waals surface area contributed by atoms with Crippen molar-refractivity contribution in [3.05, 3.63) is 68.7 Å². The lowest BCUT2D eigenvalue weighted by Crippen LogP contribution is -2.38. The molecule has 20 heavy (non-hydrogen) atoms. The molecule has 1 atom stereocenters. The van der Waals surface area contributed by atoms with Crippen molar-refractivity contribution in [1.29, 1.82) is 0 Å². The van der Waals surface area contributed by atoms with E-state index in [1.807, 2.05) is 36.4 Å². The van der Waals surface area contributed by atoms with Crippen molar-refractivity contribution in [2.24, 2.45) is 5.84 Å². The fraction of sp³-hybridized carbons (Fsp3) is 0.200. The number of nitrogens with two attached hydrogens (primary N) is 1. The minimum absolute atomic E-state index is 0.0925. The van der Waals surface area contributed by atoms with Crippen molar-refractivity contribution in [1.82, 2.24) is 5.43 Å². The summed E-state index contributed by atoms with van der Waals surface area (Å²) in [6, 6.07) is 13.3. The van der Waals surface area contributed by atoms with Gasteiger partial charge in [0.05, 0.1) is 0 Å². The molecule has 5 heteroatoms. The lowest BCUT2D eigenvalue weighted by Gasteiger charge is -2.17. The molecule has 0 saturated heterocycles. The van der Waals surface area contributed by atoms with Crippen molar-refractivity contribution in [2.45, 2.75) is 18.9 Å². The molecule has 0 aliphatic rings. The summed E-state index contributed by atoms with van der Waals surface area (Å²) in [6.45, 7) is 0. The summed E-state index contributed by atoms with van der Waals surface area (Å²) in [5.74, 6) is 5.63. The van der Waals surface area contributed by atoms with Gasteiger partial charge in [-0.3, -0.25) is 11.3 Å². The minimum Gasteiger partial charge on any atom is -0.271 e. The van der Waals surface area contributed by atoms with E-state index < -0.39 is 0 Å². The molecule has 0 spiro atoms. The second-order valence-corrected chi connectivity index (χ2v) is 5.91. The molecular formula is C15H15Cl3N2. The van der Waals surface area contributed by atoms with Crippen LogP contribution in [0.25, 0.3) is 0 Å². The van der Waals surface area contributed by atoms with Gasteiger partial charge in [-0.05, 0) is 48.2 Å². The third-order valence-electron chi connectivity index (χ3n) is 3.11. The summed E-state index contributed by atoms with van der Waals surface area (Å²) in [4.78, 5) is 0. The van der Waals surface area contributed by atoms with Crippen LogP contribution in [0.15, 0.2) is 42.5 Å². The van der Waals surface area contributed by atoms with Crippen LogP contribution in [-0.2, 0) is 12.8 Å². The first-order valence-electron chi connectivity index (χ1n) is 6.23. The van der Waals surface area contributed by atoms with E-state index >= 15 is 0 Å². The van der Waals surface area contributed by atoms with Gasteiger partial charge in [0.2, 0.25) is 0 Å². The fourth-order valence-corrected chi connectivity index (χ4v) is 2.66. The molecule has 0 saturated carbocycles. The third-order valence-corrected chi connectivity index (χ3v) is 3.95. The zero-order chi connectivity index (χ0) is 14.5. The summed E-state index contributed by atoms with van der Waals surface area (Å²) < 4.78 is 0. The van der Waals surface area contributed by atoms with Gasteiger partial charge in [0, 0.05) is 21.1 Å². The first-order valence-corrected chi connectivity index (χ1v) is 7.36. The number of rotatable bonds is 5. The van der Waals surface area contributed by atoms with Gasteiger partial charge in [-0.1, -0.05) is 53.0 Å². The van der Waals surface area contributed by atoms with Gasteiger partial charge in [-0.25, -0.2) is 0 Å². The largest absolute Gasteiger partial charge is 0.271 e. The van der Waals surface area contributed by atoms with Gasteiger partial charge in [0.1, 0.15) is 0 Å². The Morgan fingerprint density at radius 3 is 2.15 bits per heavy atom. The Bertz CT molecular complexity index is 570. The first kappa shape index (κ1) is 15.6. The maximum absolute atomic E-state index is 6.18. The molecule has 0 heterocycles. The summed E-state index contributed by atoms with van der Waals surface area (Å²) >= 11 is 18.0. The van der Waals surface area contributed by atoms with Crippen LogP contribution in [0.2, 0.25) is 15.1 Å². The van der Waals surface area contributed by atoms with Crippen LogP contribution in [0.5, 0.6) is 0 Å². The van der Waals surface area contributed by atoms with E-state index in [0.29, 0.717) is 10.0 Å². The summed E-state index contributed by atoms with van der Waals surface area (Å²) in [7, 11) is 0. The first-order chi connectivity index (χ1) is 9.58. The molecule has 2 aromatic carbocycles. The molecule has 0 bridgehead atoms. The van der Waals surface area contributed by atoms with Crippen LogP contribution in [0, 0.1) is 0 Å². The minimum atomic E-state index is 0.0925. The maximum Gasteiger partial charge on any atom is 0.0453 e. The van der Waals surface area contributed by atoms with E-state index in [-0.39, 0.29) is 6.04 Å². The quantitative estimate of drug-likeness (QED) is 0.635. The van der Waals surface area contributed by atoms with E-state index in [4.69, 9.17) is 40.6 Å². The van der Waals surface area contributed by atoms with E-state index in [9.17, 15) is 0 Å². The van der Waals surface area contributed by atoms with Gasteiger partial charge < -0.3 is 0 Å². The smallest absolute Gasteiger partial charge is 0.0453 e. The topological polar surface area (TPSA) is 38.0 Å². The molecule has 2 rings (SSSR count). The zero-order valence-corrected chi connectivity index (χ0v) is 13.0. The van der Waals surface area contributed by atoms with E-state index in [0.717, 1.165) is 23.4 Å². The van der Waals surface area contributed by atoms with Gasteiger partial charge in [0.15, 0.2) is 0 Å². The highest BCUT2D eigenvalue weighted by Crippen LogP contribution is 2.23. The molecule has 0 fully saturated rings. The Kier molecular flexibility index (Phi) is 5.70. The van der Waals surface area contributed by atoms with Crippen molar-refractivity contribution in [2.75, 3.05) is 0 Å². The molecule has 0 aliphatic heterocycles. The molecular weight excluding hydrogens is 315 g/mol. The normalized spacial score (nSPS) is 12.4. The molecule has 0 amide bonds.